The monoisotopic (exact) mass is 320 g/mol. The topological polar surface area (TPSA) is 59.6 Å². The number of carbonyl (C=O) groups excluding carboxylic acids is 1. The summed E-state index contributed by atoms with van der Waals surface area (Å²) in [5.41, 5.74) is 0.0513. The van der Waals surface area contributed by atoms with E-state index in [9.17, 15) is 4.79 Å². The zero-order valence-corrected chi connectivity index (χ0v) is 14.1. The molecule has 1 aromatic carbocycles. The molecule has 1 atom stereocenters. The van der Waals surface area contributed by atoms with Gasteiger partial charge < -0.3 is 20.1 Å². The number of rotatable bonds is 8. The lowest BCUT2D eigenvalue weighted by Crippen LogP contribution is -2.48. The standard InChI is InChI=1S/C18H28N2O3/c1-15(12-23-16-6-4-3-5-7-16)17(21)20-13-18(14-22-2)8-10-19-11-9-18/h3-7,15,19H,8-14H2,1-2H3,(H,20,21). The number of amides is 1. The van der Waals surface area contributed by atoms with Crippen molar-refractivity contribution in [3.05, 3.63) is 30.3 Å². The Labute approximate surface area is 138 Å². The Hall–Kier alpha value is -1.59. The van der Waals surface area contributed by atoms with Crippen LogP contribution in [0.4, 0.5) is 0 Å². The Morgan fingerprint density at radius 1 is 1.30 bits per heavy atom. The second-order valence-corrected chi connectivity index (χ2v) is 6.43. The quantitative estimate of drug-likeness (QED) is 0.767. The SMILES string of the molecule is COCC1(CNC(=O)C(C)COc2ccccc2)CCNCC1. The molecule has 2 N–H and O–H groups in total. The van der Waals surface area contributed by atoms with Gasteiger partial charge in [-0.3, -0.25) is 4.79 Å². The molecular formula is C18H28N2O3. The Balaban J connectivity index is 1.78. The fourth-order valence-electron chi connectivity index (χ4n) is 2.90. The summed E-state index contributed by atoms with van der Waals surface area (Å²) in [4.78, 5) is 12.3. The first-order chi connectivity index (χ1) is 11.2. The molecule has 0 bridgehead atoms. The summed E-state index contributed by atoms with van der Waals surface area (Å²) in [5, 5.41) is 6.45. The van der Waals surface area contributed by atoms with E-state index in [-0.39, 0.29) is 17.2 Å². The summed E-state index contributed by atoms with van der Waals surface area (Å²) in [5.74, 6) is 0.646. The molecule has 0 spiro atoms. The van der Waals surface area contributed by atoms with Crippen LogP contribution in [0.15, 0.2) is 30.3 Å². The number of methoxy groups -OCH3 is 1. The van der Waals surface area contributed by atoms with Gasteiger partial charge in [-0.25, -0.2) is 0 Å². The first-order valence-electron chi connectivity index (χ1n) is 8.30. The largest absolute Gasteiger partial charge is 0.493 e. The average Bonchev–Trinajstić information content (AvgIpc) is 2.59. The van der Waals surface area contributed by atoms with Crippen molar-refractivity contribution in [1.82, 2.24) is 10.6 Å². The Kier molecular flexibility index (Phi) is 6.86. The molecule has 23 heavy (non-hydrogen) atoms. The molecule has 1 aliphatic heterocycles. The summed E-state index contributed by atoms with van der Waals surface area (Å²) in [7, 11) is 1.72. The lowest BCUT2D eigenvalue weighted by atomic mass is 9.79. The van der Waals surface area contributed by atoms with Gasteiger partial charge in [0.05, 0.1) is 19.1 Å². The van der Waals surface area contributed by atoms with Crippen LogP contribution in [0.3, 0.4) is 0 Å². The van der Waals surface area contributed by atoms with Crippen LogP contribution in [-0.4, -0.2) is 45.9 Å². The number of benzene rings is 1. The summed E-state index contributed by atoms with van der Waals surface area (Å²) in [6.45, 7) is 5.58. The van der Waals surface area contributed by atoms with Crippen LogP contribution in [0.1, 0.15) is 19.8 Å². The molecule has 1 fully saturated rings. The number of carbonyl (C=O) groups is 1. The van der Waals surface area contributed by atoms with Gasteiger partial charge in [-0.15, -0.1) is 0 Å². The molecule has 1 amide bonds. The molecule has 5 heteroatoms. The minimum Gasteiger partial charge on any atom is -0.493 e. The molecule has 5 nitrogen and oxygen atoms in total. The number of nitrogens with one attached hydrogen (secondary N) is 2. The lowest BCUT2D eigenvalue weighted by Gasteiger charge is -2.37. The Morgan fingerprint density at radius 3 is 2.65 bits per heavy atom. The lowest BCUT2D eigenvalue weighted by molar-refractivity contribution is -0.126. The van der Waals surface area contributed by atoms with Crippen molar-refractivity contribution in [3.63, 3.8) is 0 Å². The molecule has 0 aromatic heterocycles. The molecule has 1 heterocycles. The third-order valence-corrected chi connectivity index (χ3v) is 4.44. The molecule has 0 radical (unpaired) electrons. The Morgan fingerprint density at radius 2 is 2.00 bits per heavy atom. The molecule has 1 aromatic rings. The van der Waals surface area contributed by atoms with Gasteiger partial charge in [0.2, 0.25) is 5.91 Å². The molecule has 2 rings (SSSR count). The van der Waals surface area contributed by atoms with Gasteiger partial charge in [0.25, 0.3) is 0 Å². The van der Waals surface area contributed by atoms with Crippen LogP contribution < -0.4 is 15.4 Å². The number of piperidine rings is 1. The number of para-hydroxylation sites is 1. The molecule has 1 aliphatic rings. The van der Waals surface area contributed by atoms with Gasteiger partial charge in [-0.2, -0.15) is 0 Å². The van der Waals surface area contributed by atoms with Gasteiger partial charge in [0.1, 0.15) is 5.75 Å². The van der Waals surface area contributed by atoms with Crippen LogP contribution in [-0.2, 0) is 9.53 Å². The predicted octanol–water partition coefficient (Wildman–Crippen LogP) is 1.83. The van der Waals surface area contributed by atoms with Crippen LogP contribution in [0.25, 0.3) is 0 Å². The van der Waals surface area contributed by atoms with Gasteiger partial charge in [0.15, 0.2) is 0 Å². The first kappa shape index (κ1) is 17.8. The second-order valence-electron chi connectivity index (χ2n) is 6.43. The van der Waals surface area contributed by atoms with Gasteiger partial charge in [0, 0.05) is 19.1 Å². The maximum Gasteiger partial charge on any atom is 0.226 e. The van der Waals surface area contributed by atoms with Crippen molar-refractivity contribution in [2.24, 2.45) is 11.3 Å². The van der Waals surface area contributed by atoms with E-state index in [2.05, 4.69) is 10.6 Å². The fraction of sp³-hybridized carbons (Fsp3) is 0.611. The van der Waals surface area contributed by atoms with Gasteiger partial charge >= 0.3 is 0 Å². The molecule has 0 aliphatic carbocycles. The summed E-state index contributed by atoms with van der Waals surface area (Å²) >= 11 is 0. The van der Waals surface area contributed by atoms with Crippen LogP contribution >= 0.6 is 0 Å². The van der Waals surface area contributed by atoms with Crippen molar-refractivity contribution in [2.45, 2.75) is 19.8 Å². The van der Waals surface area contributed by atoms with Crippen molar-refractivity contribution in [2.75, 3.05) is 40.0 Å². The summed E-state index contributed by atoms with van der Waals surface area (Å²) < 4.78 is 11.0. The maximum atomic E-state index is 12.3. The van der Waals surface area contributed by atoms with E-state index in [0.717, 1.165) is 31.7 Å². The smallest absolute Gasteiger partial charge is 0.226 e. The van der Waals surface area contributed by atoms with Crippen molar-refractivity contribution in [3.8, 4) is 5.75 Å². The van der Waals surface area contributed by atoms with E-state index in [1.54, 1.807) is 7.11 Å². The van der Waals surface area contributed by atoms with Crippen LogP contribution in [0, 0.1) is 11.3 Å². The average molecular weight is 320 g/mol. The molecule has 0 saturated carbocycles. The highest BCUT2D eigenvalue weighted by atomic mass is 16.5. The predicted molar refractivity (Wildman–Crippen MR) is 90.5 cm³/mol. The number of hydrogen-bond acceptors (Lipinski definition) is 4. The van der Waals surface area contributed by atoms with Crippen molar-refractivity contribution < 1.29 is 14.3 Å². The number of hydrogen-bond donors (Lipinski definition) is 2. The van der Waals surface area contributed by atoms with Gasteiger partial charge in [-0.1, -0.05) is 25.1 Å². The van der Waals surface area contributed by atoms with Crippen molar-refractivity contribution in [1.29, 1.82) is 0 Å². The normalized spacial score (nSPS) is 18.2. The second kappa shape index (κ2) is 8.89. The van der Waals surface area contributed by atoms with E-state index in [1.807, 2.05) is 37.3 Å². The maximum absolute atomic E-state index is 12.3. The molecule has 128 valence electrons. The van der Waals surface area contributed by atoms with E-state index in [1.165, 1.54) is 0 Å². The van der Waals surface area contributed by atoms with Crippen LogP contribution in [0.5, 0.6) is 5.75 Å². The number of ether oxygens (including phenoxy) is 2. The van der Waals surface area contributed by atoms with E-state index in [4.69, 9.17) is 9.47 Å². The van der Waals surface area contributed by atoms with Crippen LogP contribution in [0.2, 0.25) is 0 Å². The van der Waals surface area contributed by atoms with E-state index >= 15 is 0 Å². The highest BCUT2D eigenvalue weighted by Gasteiger charge is 2.32. The molecule has 1 saturated heterocycles. The first-order valence-corrected chi connectivity index (χ1v) is 8.30. The minimum absolute atomic E-state index is 0.0370. The van der Waals surface area contributed by atoms with E-state index < -0.39 is 0 Å². The van der Waals surface area contributed by atoms with Crippen molar-refractivity contribution >= 4 is 5.91 Å². The fourth-order valence-corrected chi connectivity index (χ4v) is 2.90. The summed E-state index contributed by atoms with van der Waals surface area (Å²) in [6, 6.07) is 9.58. The zero-order chi connectivity index (χ0) is 16.5. The Bertz CT molecular complexity index is 467. The zero-order valence-electron chi connectivity index (χ0n) is 14.1. The highest BCUT2D eigenvalue weighted by molar-refractivity contribution is 5.78. The third kappa shape index (κ3) is 5.52. The summed E-state index contributed by atoms with van der Waals surface area (Å²) in [6.07, 6.45) is 2.05. The highest BCUT2D eigenvalue weighted by Crippen LogP contribution is 2.28. The third-order valence-electron chi connectivity index (χ3n) is 4.44. The van der Waals surface area contributed by atoms with E-state index in [0.29, 0.717) is 19.8 Å². The minimum atomic E-state index is -0.184. The van der Waals surface area contributed by atoms with Gasteiger partial charge in [-0.05, 0) is 38.1 Å². The molecular weight excluding hydrogens is 292 g/mol. The molecule has 1 unspecified atom stereocenters.